The molecule has 0 radical (unpaired) electrons. The van der Waals surface area contributed by atoms with Crippen LogP contribution in [0.4, 0.5) is 27.6 Å². The summed E-state index contributed by atoms with van der Waals surface area (Å²) in [7, 11) is 0. The van der Waals surface area contributed by atoms with Gasteiger partial charge in [-0.05, 0) is 18.2 Å². The van der Waals surface area contributed by atoms with Gasteiger partial charge in [0.2, 0.25) is 0 Å². The summed E-state index contributed by atoms with van der Waals surface area (Å²) in [6.45, 7) is -1.86. The molecule has 1 aromatic heterocycles. The van der Waals surface area contributed by atoms with E-state index in [2.05, 4.69) is 20.3 Å². The maximum Gasteiger partial charge on any atom is 0.415 e. The number of rotatable bonds is 4. The molecule has 3 heterocycles. The van der Waals surface area contributed by atoms with E-state index in [1.807, 2.05) is 0 Å². The number of carbonyl (C=O) groups excluding carboxylic acids is 1. The summed E-state index contributed by atoms with van der Waals surface area (Å²) in [6, 6.07) is 2.93. The number of aliphatic imine (C=N–C) groups is 1. The van der Waals surface area contributed by atoms with Crippen molar-refractivity contribution in [2.75, 3.05) is 18.5 Å². The molecule has 1 saturated heterocycles. The van der Waals surface area contributed by atoms with E-state index in [-0.39, 0.29) is 29.2 Å². The van der Waals surface area contributed by atoms with Gasteiger partial charge in [0.1, 0.15) is 18.2 Å². The van der Waals surface area contributed by atoms with Crippen molar-refractivity contribution < 1.29 is 36.2 Å². The van der Waals surface area contributed by atoms with Gasteiger partial charge in [-0.25, -0.2) is 18.8 Å². The Morgan fingerprint density at radius 1 is 1.28 bits per heavy atom. The summed E-state index contributed by atoms with van der Waals surface area (Å²) in [5.74, 6) is -3.01. The van der Waals surface area contributed by atoms with Crippen LogP contribution >= 0.6 is 0 Å². The molecule has 170 valence electrons. The van der Waals surface area contributed by atoms with Crippen LogP contribution in [0.25, 0.3) is 0 Å². The fourth-order valence-corrected chi connectivity index (χ4v) is 3.76. The Kier molecular flexibility index (Phi) is 5.44. The summed E-state index contributed by atoms with van der Waals surface area (Å²) < 4.78 is 78.2. The average molecular weight is 457 g/mol. The monoisotopic (exact) mass is 457 g/mol. The zero-order valence-electron chi connectivity index (χ0n) is 16.2. The SMILES string of the molecule is NC1=NC[C@@H]2[C@@H](C(F)(F)F)OC[C@]2(c2cc(NC(=O)c3cnc(CF)cn3)ccc2F)O1. The molecule has 1 fully saturated rings. The minimum absolute atomic E-state index is 0.0323. The number of ether oxygens (including phenoxy) is 2. The lowest BCUT2D eigenvalue weighted by atomic mass is 9.79. The molecule has 32 heavy (non-hydrogen) atoms. The van der Waals surface area contributed by atoms with E-state index in [9.17, 15) is 26.7 Å². The summed E-state index contributed by atoms with van der Waals surface area (Å²) in [5, 5.41) is 2.45. The van der Waals surface area contributed by atoms with E-state index in [1.54, 1.807) is 0 Å². The number of fused-ring (bicyclic) bond motifs is 1. The Labute approximate surface area is 177 Å². The topological polar surface area (TPSA) is 112 Å². The molecule has 8 nitrogen and oxygen atoms in total. The van der Waals surface area contributed by atoms with Crippen LogP contribution in [0.1, 0.15) is 21.7 Å². The highest BCUT2D eigenvalue weighted by atomic mass is 19.4. The summed E-state index contributed by atoms with van der Waals surface area (Å²) >= 11 is 0. The van der Waals surface area contributed by atoms with Gasteiger partial charge in [-0.1, -0.05) is 0 Å². The molecule has 1 amide bonds. The van der Waals surface area contributed by atoms with Crippen LogP contribution in [0, 0.1) is 11.7 Å². The number of hydrogen-bond donors (Lipinski definition) is 2. The zero-order chi connectivity index (χ0) is 23.1. The van der Waals surface area contributed by atoms with E-state index < -0.39 is 54.8 Å². The fourth-order valence-electron chi connectivity index (χ4n) is 3.76. The summed E-state index contributed by atoms with van der Waals surface area (Å²) in [6.07, 6.45) is -4.82. The van der Waals surface area contributed by atoms with Crippen molar-refractivity contribution in [1.29, 1.82) is 0 Å². The first-order valence-corrected chi connectivity index (χ1v) is 9.29. The van der Waals surface area contributed by atoms with Gasteiger partial charge in [0.15, 0.2) is 11.7 Å². The van der Waals surface area contributed by atoms with Gasteiger partial charge in [-0.3, -0.25) is 9.78 Å². The van der Waals surface area contributed by atoms with Gasteiger partial charge in [0.05, 0.1) is 37.2 Å². The number of nitrogens with one attached hydrogen (secondary N) is 1. The molecular weight excluding hydrogens is 441 g/mol. The largest absolute Gasteiger partial charge is 0.451 e. The van der Waals surface area contributed by atoms with Gasteiger partial charge in [0.25, 0.3) is 11.9 Å². The molecule has 13 heteroatoms. The molecule has 0 bridgehead atoms. The van der Waals surface area contributed by atoms with Gasteiger partial charge in [0, 0.05) is 11.3 Å². The molecule has 2 aromatic rings. The van der Waals surface area contributed by atoms with Crippen molar-refractivity contribution in [2.45, 2.75) is 24.6 Å². The minimum Gasteiger partial charge on any atom is -0.451 e. The number of aromatic nitrogens is 2. The predicted molar refractivity (Wildman–Crippen MR) is 99.7 cm³/mol. The third-order valence-electron chi connectivity index (χ3n) is 5.25. The maximum atomic E-state index is 14.8. The lowest BCUT2D eigenvalue weighted by Crippen LogP contribution is -2.50. The second kappa shape index (κ2) is 7.97. The van der Waals surface area contributed by atoms with E-state index in [0.717, 1.165) is 24.5 Å². The van der Waals surface area contributed by atoms with E-state index in [4.69, 9.17) is 15.2 Å². The fraction of sp³-hybridized carbons (Fsp3) is 0.368. The highest BCUT2D eigenvalue weighted by Crippen LogP contribution is 2.50. The Morgan fingerprint density at radius 3 is 2.72 bits per heavy atom. The molecule has 0 aliphatic carbocycles. The van der Waals surface area contributed by atoms with Crippen LogP contribution < -0.4 is 11.1 Å². The second-order valence-electron chi connectivity index (χ2n) is 7.23. The van der Waals surface area contributed by atoms with Crippen LogP contribution in [0.2, 0.25) is 0 Å². The quantitative estimate of drug-likeness (QED) is 0.683. The number of amidine groups is 1. The van der Waals surface area contributed by atoms with E-state index >= 15 is 0 Å². The van der Waals surface area contributed by atoms with Crippen LogP contribution in [-0.4, -0.2) is 47.3 Å². The van der Waals surface area contributed by atoms with Gasteiger partial charge < -0.3 is 20.5 Å². The molecule has 2 aliphatic rings. The Hall–Kier alpha value is -3.35. The Balaban J connectivity index is 1.67. The van der Waals surface area contributed by atoms with Crippen LogP contribution in [0.5, 0.6) is 0 Å². The average Bonchev–Trinajstić information content (AvgIpc) is 3.15. The number of hydrogen-bond acceptors (Lipinski definition) is 7. The first-order chi connectivity index (χ1) is 15.1. The van der Waals surface area contributed by atoms with E-state index in [1.165, 1.54) is 6.07 Å². The second-order valence-corrected chi connectivity index (χ2v) is 7.23. The summed E-state index contributed by atoms with van der Waals surface area (Å²) in [4.78, 5) is 23.6. The maximum absolute atomic E-state index is 14.8. The number of benzene rings is 1. The highest BCUT2D eigenvalue weighted by Gasteiger charge is 2.63. The van der Waals surface area contributed by atoms with Crippen LogP contribution in [0.3, 0.4) is 0 Å². The molecule has 2 aliphatic heterocycles. The number of anilines is 1. The van der Waals surface area contributed by atoms with Gasteiger partial charge >= 0.3 is 6.18 Å². The third-order valence-corrected chi connectivity index (χ3v) is 5.25. The first-order valence-electron chi connectivity index (χ1n) is 9.29. The number of amides is 1. The van der Waals surface area contributed by atoms with Crippen molar-refractivity contribution in [2.24, 2.45) is 16.6 Å². The lowest BCUT2D eigenvalue weighted by molar-refractivity contribution is -0.217. The number of nitrogens with zero attached hydrogens (tertiary/aromatic N) is 3. The number of carbonyl (C=O) groups is 1. The number of nitrogens with two attached hydrogens (primary N) is 1. The molecule has 0 spiro atoms. The smallest absolute Gasteiger partial charge is 0.415 e. The minimum atomic E-state index is -4.73. The first kappa shape index (κ1) is 21.9. The molecule has 1 aromatic carbocycles. The zero-order valence-corrected chi connectivity index (χ0v) is 16.2. The number of halogens is 5. The Bertz CT molecular complexity index is 1060. The van der Waals surface area contributed by atoms with Crippen LogP contribution in [-0.2, 0) is 21.7 Å². The molecule has 0 saturated carbocycles. The highest BCUT2D eigenvalue weighted by molar-refractivity contribution is 6.02. The molecule has 3 atom stereocenters. The summed E-state index contributed by atoms with van der Waals surface area (Å²) in [5.41, 5.74) is 3.37. The van der Waals surface area contributed by atoms with Gasteiger partial charge in [-0.15, -0.1) is 0 Å². The van der Waals surface area contributed by atoms with Crippen molar-refractivity contribution in [3.05, 3.63) is 53.4 Å². The predicted octanol–water partition coefficient (Wildman–Crippen LogP) is 2.46. The van der Waals surface area contributed by atoms with Crippen molar-refractivity contribution >= 4 is 17.6 Å². The van der Waals surface area contributed by atoms with Crippen molar-refractivity contribution in [3.63, 3.8) is 0 Å². The molecule has 0 unspecified atom stereocenters. The third kappa shape index (κ3) is 3.83. The normalized spacial score (nSPS) is 25.0. The molecule has 3 N–H and O–H groups in total. The molecule has 4 rings (SSSR count). The van der Waals surface area contributed by atoms with Crippen LogP contribution in [0.15, 0.2) is 35.6 Å². The lowest BCUT2D eigenvalue weighted by Gasteiger charge is -2.38. The van der Waals surface area contributed by atoms with Gasteiger partial charge in [-0.2, -0.15) is 13.2 Å². The standard InChI is InChI=1S/C19H16F5N5O3/c20-4-10-5-27-14(7-26-10)16(30)29-9-1-2-13(21)11(3-9)18-8-31-15(19(22,23)24)12(18)6-28-17(25)32-18/h1-3,5,7,12,15H,4,6,8H2,(H2,25,28)(H,29,30)/t12-,15+,18-/m1/s1. The number of alkyl halides is 4. The van der Waals surface area contributed by atoms with E-state index in [0.29, 0.717) is 0 Å². The molecular formula is C19H16F5N5O3. The Morgan fingerprint density at radius 2 is 2.06 bits per heavy atom. The van der Waals surface area contributed by atoms with Crippen molar-refractivity contribution in [3.8, 4) is 0 Å². The van der Waals surface area contributed by atoms with Crippen molar-refractivity contribution in [1.82, 2.24) is 9.97 Å².